The molecular weight excluding hydrogens is 236 g/mol. The van der Waals surface area contributed by atoms with Crippen molar-refractivity contribution in [1.82, 2.24) is 0 Å². The Bertz CT molecular complexity index is 546. The molecule has 98 valence electrons. The Morgan fingerprint density at radius 2 is 1.74 bits per heavy atom. The van der Waals surface area contributed by atoms with E-state index in [4.69, 9.17) is 9.47 Å². The van der Waals surface area contributed by atoms with E-state index in [9.17, 15) is 0 Å². The normalized spacial score (nSPS) is 11.7. The molecule has 0 aliphatic heterocycles. The summed E-state index contributed by atoms with van der Waals surface area (Å²) in [6.07, 6.45) is 1.92. The molecule has 0 saturated heterocycles. The summed E-state index contributed by atoms with van der Waals surface area (Å²) >= 11 is 0. The average Bonchev–Trinajstić information content (AvgIpc) is 2.49. The SMILES string of the molecule is C=CC(c1ccccc1)c1cc(OC)ccc1OC. The van der Waals surface area contributed by atoms with Gasteiger partial charge in [0, 0.05) is 11.5 Å². The number of hydrogen-bond acceptors (Lipinski definition) is 2. The van der Waals surface area contributed by atoms with Crippen molar-refractivity contribution in [3.05, 3.63) is 72.3 Å². The molecule has 2 rings (SSSR count). The second-order valence-corrected chi connectivity index (χ2v) is 4.23. The van der Waals surface area contributed by atoms with Gasteiger partial charge in [0.1, 0.15) is 11.5 Å². The quantitative estimate of drug-likeness (QED) is 0.750. The lowest BCUT2D eigenvalue weighted by atomic mass is 9.90. The van der Waals surface area contributed by atoms with Gasteiger partial charge in [0.15, 0.2) is 0 Å². The molecule has 0 amide bonds. The topological polar surface area (TPSA) is 18.5 Å². The molecule has 2 aromatic rings. The van der Waals surface area contributed by atoms with Crippen LogP contribution in [0.4, 0.5) is 0 Å². The third-order valence-corrected chi connectivity index (χ3v) is 3.17. The number of ether oxygens (including phenoxy) is 2. The summed E-state index contributed by atoms with van der Waals surface area (Å²) in [7, 11) is 3.34. The number of methoxy groups -OCH3 is 2. The summed E-state index contributed by atoms with van der Waals surface area (Å²) in [5.41, 5.74) is 2.24. The van der Waals surface area contributed by atoms with E-state index in [-0.39, 0.29) is 5.92 Å². The number of hydrogen-bond donors (Lipinski definition) is 0. The molecule has 2 aromatic carbocycles. The third-order valence-electron chi connectivity index (χ3n) is 3.17. The fraction of sp³-hybridized carbons (Fsp3) is 0.176. The van der Waals surface area contributed by atoms with E-state index >= 15 is 0 Å². The van der Waals surface area contributed by atoms with Crippen LogP contribution in [-0.4, -0.2) is 14.2 Å². The van der Waals surface area contributed by atoms with Crippen LogP contribution in [0.25, 0.3) is 0 Å². The fourth-order valence-electron chi connectivity index (χ4n) is 2.19. The van der Waals surface area contributed by atoms with Gasteiger partial charge in [0.25, 0.3) is 0 Å². The van der Waals surface area contributed by atoms with Crippen molar-refractivity contribution in [2.45, 2.75) is 5.92 Å². The number of rotatable bonds is 5. The van der Waals surface area contributed by atoms with Crippen molar-refractivity contribution in [1.29, 1.82) is 0 Å². The molecule has 2 heteroatoms. The van der Waals surface area contributed by atoms with E-state index in [1.165, 1.54) is 5.56 Å². The van der Waals surface area contributed by atoms with E-state index in [1.54, 1.807) is 14.2 Å². The summed E-state index contributed by atoms with van der Waals surface area (Å²) in [5, 5.41) is 0. The monoisotopic (exact) mass is 254 g/mol. The van der Waals surface area contributed by atoms with E-state index in [0.29, 0.717) is 0 Å². The van der Waals surface area contributed by atoms with Crippen LogP contribution in [0.1, 0.15) is 17.0 Å². The highest BCUT2D eigenvalue weighted by molar-refractivity contribution is 5.48. The third kappa shape index (κ3) is 2.79. The maximum absolute atomic E-state index is 5.45. The van der Waals surface area contributed by atoms with Gasteiger partial charge in [-0.05, 0) is 23.8 Å². The van der Waals surface area contributed by atoms with Crippen LogP contribution in [0.15, 0.2) is 61.2 Å². The van der Waals surface area contributed by atoms with Gasteiger partial charge >= 0.3 is 0 Å². The highest BCUT2D eigenvalue weighted by Crippen LogP contribution is 2.35. The molecule has 0 aromatic heterocycles. The Morgan fingerprint density at radius 3 is 2.32 bits per heavy atom. The van der Waals surface area contributed by atoms with Gasteiger partial charge in [0.2, 0.25) is 0 Å². The lowest BCUT2D eigenvalue weighted by Gasteiger charge is -2.18. The summed E-state index contributed by atoms with van der Waals surface area (Å²) in [4.78, 5) is 0. The first-order valence-electron chi connectivity index (χ1n) is 6.19. The second kappa shape index (κ2) is 6.10. The predicted molar refractivity (Wildman–Crippen MR) is 78.0 cm³/mol. The van der Waals surface area contributed by atoms with Gasteiger partial charge in [-0.3, -0.25) is 0 Å². The summed E-state index contributed by atoms with van der Waals surface area (Å²) in [6, 6.07) is 16.1. The molecule has 0 heterocycles. The van der Waals surface area contributed by atoms with Crippen molar-refractivity contribution in [3.63, 3.8) is 0 Å². The maximum Gasteiger partial charge on any atom is 0.123 e. The minimum atomic E-state index is 0.0891. The van der Waals surface area contributed by atoms with Crippen LogP contribution >= 0.6 is 0 Å². The van der Waals surface area contributed by atoms with Gasteiger partial charge in [-0.25, -0.2) is 0 Å². The maximum atomic E-state index is 5.45. The van der Waals surface area contributed by atoms with E-state index in [0.717, 1.165) is 17.1 Å². The summed E-state index contributed by atoms with van der Waals surface area (Å²) < 4.78 is 10.7. The zero-order valence-electron chi connectivity index (χ0n) is 11.3. The van der Waals surface area contributed by atoms with Crippen LogP contribution < -0.4 is 9.47 Å². The van der Waals surface area contributed by atoms with Gasteiger partial charge in [0.05, 0.1) is 14.2 Å². The molecule has 0 fully saturated rings. The van der Waals surface area contributed by atoms with Crippen LogP contribution in [0, 0.1) is 0 Å². The Morgan fingerprint density at radius 1 is 1.00 bits per heavy atom. The lowest BCUT2D eigenvalue weighted by molar-refractivity contribution is 0.398. The minimum Gasteiger partial charge on any atom is -0.497 e. The molecule has 0 aliphatic carbocycles. The Labute approximate surface area is 114 Å². The molecule has 0 spiro atoms. The van der Waals surface area contributed by atoms with Crippen LogP contribution in [-0.2, 0) is 0 Å². The predicted octanol–water partition coefficient (Wildman–Crippen LogP) is 4.02. The van der Waals surface area contributed by atoms with Gasteiger partial charge in [-0.2, -0.15) is 0 Å². The zero-order valence-corrected chi connectivity index (χ0v) is 11.3. The highest BCUT2D eigenvalue weighted by atomic mass is 16.5. The standard InChI is InChI=1S/C17H18O2/c1-4-15(13-8-6-5-7-9-13)16-12-14(18-2)10-11-17(16)19-3/h4-12,15H,1H2,2-3H3. The smallest absolute Gasteiger partial charge is 0.123 e. The molecule has 0 aliphatic rings. The molecule has 1 unspecified atom stereocenters. The molecule has 1 atom stereocenters. The average molecular weight is 254 g/mol. The van der Waals surface area contributed by atoms with Gasteiger partial charge < -0.3 is 9.47 Å². The van der Waals surface area contributed by atoms with Crippen LogP contribution in [0.2, 0.25) is 0 Å². The Hall–Kier alpha value is -2.22. The zero-order chi connectivity index (χ0) is 13.7. The van der Waals surface area contributed by atoms with E-state index < -0.39 is 0 Å². The van der Waals surface area contributed by atoms with Gasteiger partial charge in [-0.1, -0.05) is 36.4 Å². The first-order chi connectivity index (χ1) is 9.30. The second-order valence-electron chi connectivity index (χ2n) is 4.23. The Balaban J connectivity index is 2.51. The fourth-order valence-corrected chi connectivity index (χ4v) is 2.19. The molecule has 0 saturated carbocycles. The van der Waals surface area contributed by atoms with Crippen molar-refractivity contribution >= 4 is 0 Å². The molecule has 0 N–H and O–H groups in total. The number of allylic oxidation sites excluding steroid dienone is 1. The van der Waals surface area contributed by atoms with Crippen molar-refractivity contribution in [2.75, 3.05) is 14.2 Å². The highest BCUT2D eigenvalue weighted by Gasteiger charge is 2.16. The summed E-state index contributed by atoms with van der Waals surface area (Å²) in [5.74, 6) is 1.75. The summed E-state index contributed by atoms with van der Waals surface area (Å²) in [6.45, 7) is 3.95. The number of benzene rings is 2. The van der Waals surface area contributed by atoms with Crippen molar-refractivity contribution in [3.8, 4) is 11.5 Å². The van der Waals surface area contributed by atoms with E-state index in [2.05, 4.69) is 18.7 Å². The largest absolute Gasteiger partial charge is 0.497 e. The van der Waals surface area contributed by atoms with Crippen LogP contribution in [0.5, 0.6) is 11.5 Å². The van der Waals surface area contributed by atoms with E-state index in [1.807, 2.05) is 42.5 Å². The molecule has 2 nitrogen and oxygen atoms in total. The van der Waals surface area contributed by atoms with Crippen molar-refractivity contribution < 1.29 is 9.47 Å². The van der Waals surface area contributed by atoms with Crippen LogP contribution in [0.3, 0.4) is 0 Å². The van der Waals surface area contributed by atoms with Crippen molar-refractivity contribution in [2.24, 2.45) is 0 Å². The minimum absolute atomic E-state index is 0.0891. The molecule has 19 heavy (non-hydrogen) atoms. The lowest BCUT2D eigenvalue weighted by Crippen LogP contribution is -2.01. The molecular formula is C17H18O2. The first kappa shape index (κ1) is 13.2. The Kier molecular flexibility index (Phi) is 4.24. The first-order valence-corrected chi connectivity index (χ1v) is 6.19. The molecule has 0 bridgehead atoms. The molecule has 0 radical (unpaired) electrons. The van der Waals surface area contributed by atoms with Gasteiger partial charge in [-0.15, -0.1) is 6.58 Å².